The summed E-state index contributed by atoms with van der Waals surface area (Å²) in [6, 6.07) is 7.21. The standard InChI is InChI=1S/C16H20N2O2/c1-15(2,3)14-16(4,5)18(14)17-12(19)10-8-6-7-9-11(10)13(17)20/h6-9,14H,1-5H3. The van der Waals surface area contributed by atoms with E-state index in [0.29, 0.717) is 11.1 Å². The number of carbonyl (C=O) groups excluding carboxylic acids is 2. The lowest BCUT2D eigenvalue weighted by Crippen LogP contribution is -2.39. The van der Waals surface area contributed by atoms with Gasteiger partial charge in [-0.2, -0.15) is 5.01 Å². The number of hydrogen-bond acceptors (Lipinski definition) is 3. The molecule has 4 nitrogen and oxygen atoms in total. The average Bonchev–Trinajstić information content (AvgIpc) is 2.82. The lowest BCUT2D eigenvalue weighted by atomic mass is 9.86. The Morgan fingerprint density at radius 2 is 1.45 bits per heavy atom. The summed E-state index contributed by atoms with van der Waals surface area (Å²) in [5, 5.41) is 3.26. The molecule has 1 fully saturated rings. The van der Waals surface area contributed by atoms with E-state index in [4.69, 9.17) is 0 Å². The van der Waals surface area contributed by atoms with E-state index in [0.717, 1.165) is 0 Å². The Hall–Kier alpha value is -1.68. The largest absolute Gasteiger partial charge is 0.276 e. The predicted molar refractivity (Wildman–Crippen MR) is 76.1 cm³/mol. The van der Waals surface area contributed by atoms with Crippen LogP contribution in [0.2, 0.25) is 0 Å². The van der Waals surface area contributed by atoms with Gasteiger partial charge in [-0.15, -0.1) is 0 Å². The fourth-order valence-electron chi connectivity index (χ4n) is 3.64. The number of carbonyl (C=O) groups is 2. The molecule has 1 aromatic rings. The van der Waals surface area contributed by atoms with E-state index in [9.17, 15) is 9.59 Å². The summed E-state index contributed by atoms with van der Waals surface area (Å²) in [4.78, 5) is 25.0. The number of amides is 2. The third kappa shape index (κ3) is 1.57. The molecular weight excluding hydrogens is 252 g/mol. The first kappa shape index (κ1) is 13.3. The first-order chi connectivity index (χ1) is 9.17. The van der Waals surface area contributed by atoms with E-state index >= 15 is 0 Å². The Morgan fingerprint density at radius 3 is 1.80 bits per heavy atom. The number of nitrogens with zero attached hydrogens (tertiary/aromatic N) is 2. The molecule has 0 radical (unpaired) electrons. The molecule has 106 valence electrons. The van der Waals surface area contributed by atoms with E-state index in [-0.39, 0.29) is 28.8 Å². The summed E-state index contributed by atoms with van der Waals surface area (Å²) in [6.07, 6.45) is 0. The molecule has 0 bridgehead atoms. The number of hydrogen-bond donors (Lipinski definition) is 0. The van der Waals surface area contributed by atoms with E-state index in [2.05, 4.69) is 34.6 Å². The van der Waals surface area contributed by atoms with Crippen LogP contribution in [0.3, 0.4) is 0 Å². The molecule has 0 aromatic heterocycles. The smallest absolute Gasteiger partial charge is 0.267 e. The number of imide groups is 1. The Bertz CT molecular complexity index is 578. The zero-order chi connectivity index (χ0) is 14.9. The van der Waals surface area contributed by atoms with Crippen LogP contribution in [0.4, 0.5) is 0 Å². The SMILES string of the molecule is CC(C)(C)C1N(N2C(=O)c3ccccc3C2=O)C1(C)C. The van der Waals surface area contributed by atoms with Gasteiger partial charge in [-0.3, -0.25) is 9.59 Å². The van der Waals surface area contributed by atoms with Crippen LogP contribution in [0.5, 0.6) is 0 Å². The molecule has 2 aliphatic heterocycles. The molecular formula is C16H20N2O2. The second-order valence-electron chi connectivity index (χ2n) is 7.23. The topological polar surface area (TPSA) is 40.4 Å². The van der Waals surface area contributed by atoms with Crippen LogP contribution in [0, 0.1) is 5.41 Å². The van der Waals surface area contributed by atoms with Crippen LogP contribution in [-0.2, 0) is 0 Å². The van der Waals surface area contributed by atoms with Gasteiger partial charge in [-0.25, -0.2) is 5.01 Å². The third-order valence-corrected chi connectivity index (χ3v) is 4.24. The number of hydrazine groups is 1. The maximum atomic E-state index is 12.5. The van der Waals surface area contributed by atoms with Gasteiger partial charge in [0.25, 0.3) is 11.8 Å². The Balaban J connectivity index is 1.99. The van der Waals surface area contributed by atoms with Crippen LogP contribution < -0.4 is 0 Å². The molecule has 0 spiro atoms. The predicted octanol–water partition coefficient (Wildman–Crippen LogP) is 2.71. The molecule has 0 N–H and O–H groups in total. The second-order valence-corrected chi connectivity index (χ2v) is 7.23. The highest BCUT2D eigenvalue weighted by molar-refractivity contribution is 6.21. The Labute approximate surface area is 119 Å². The lowest BCUT2D eigenvalue weighted by molar-refractivity contribution is 0.0274. The molecule has 1 aromatic carbocycles. The molecule has 2 amide bonds. The summed E-state index contributed by atoms with van der Waals surface area (Å²) in [7, 11) is 0. The van der Waals surface area contributed by atoms with Crippen LogP contribution in [0.25, 0.3) is 0 Å². The summed E-state index contributed by atoms with van der Waals surface area (Å²) in [5.41, 5.74) is 0.852. The van der Waals surface area contributed by atoms with Crippen molar-refractivity contribution in [3.8, 4) is 0 Å². The van der Waals surface area contributed by atoms with E-state index in [1.54, 1.807) is 24.3 Å². The van der Waals surface area contributed by atoms with Crippen molar-refractivity contribution in [2.45, 2.75) is 46.2 Å². The molecule has 1 saturated heterocycles. The van der Waals surface area contributed by atoms with Gasteiger partial charge >= 0.3 is 0 Å². The van der Waals surface area contributed by atoms with Gasteiger partial charge in [-0.1, -0.05) is 32.9 Å². The van der Waals surface area contributed by atoms with E-state index in [1.165, 1.54) is 5.01 Å². The minimum absolute atomic E-state index is 0.0127. The van der Waals surface area contributed by atoms with Crippen molar-refractivity contribution in [3.05, 3.63) is 35.4 Å². The number of fused-ring (bicyclic) bond motifs is 1. The van der Waals surface area contributed by atoms with Gasteiger partial charge in [0.15, 0.2) is 0 Å². The molecule has 3 rings (SSSR count). The van der Waals surface area contributed by atoms with Gasteiger partial charge in [0.05, 0.1) is 22.7 Å². The highest BCUT2D eigenvalue weighted by Crippen LogP contribution is 2.52. The summed E-state index contributed by atoms with van der Waals surface area (Å²) in [6.45, 7) is 10.6. The fraction of sp³-hybridized carbons (Fsp3) is 0.500. The maximum Gasteiger partial charge on any atom is 0.276 e. The Morgan fingerprint density at radius 1 is 1.00 bits per heavy atom. The molecule has 2 heterocycles. The van der Waals surface area contributed by atoms with Crippen LogP contribution in [0.15, 0.2) is 24.3 Å². The molecule has 4 heteroatoms. The van der Waals surface area contributed by atoms with Crippen molar-refractivity contribution >= 4 is 11.8 Å². The van der Waals surface area contributed by atoms with E-state index < -0.39 is 0 Å². The second kappa shape index (κ2) is 3.70. The van der Waals surface area contributed by atoms with Crippen LogP contribution in [0.1, 0.15) is 55.3 Å². The molecule has 0 saturated carbocycles. The van der Waals surface area contributed by atoms with Crippen molar-refractivity contribution in [3.63, 3.8) is 0 Å². The van der Waals surface area contributed by atoms with Crippen molar-refractivity contribution in [2.24, 2.45) is 5.41 Å². The highest BCUT2D eigenvalue weighted by atomic mass is 16.2. The van der Waals surface area contributed by atoms with Gasteiger partial charge in [-0.05, 0) is 31.4 Å². The zero-order valence-electron chi connectivity index (χ0n) is 12.6. The monoisotopic (exact) mass is 272 g/mol. The first-order valence-electron chi connectivity index (χ1n) is 6.94. The number of rotatable bonds is 1. The summed E-state index contributed by atoms with van der Waals surface area (Å²) < 4.78 is 0. The van der Waals surface area contributed by atoms with Gasteiger partial charge in [0.1, 0.15) is 0 Å². The summed E-state index contributed by atoms with van der Waals surface area (Å²) in [5.74, 6) is -0.407. The zero-order valence-corrected chi connectivity index (χ0v) is 12.6. The molecule has 20 heavy (non-hydrogen) atoms. The minimum atomic E-state index is -0.203. The van der Waals surface area contributed by atoms with Gasteiger partial charge < -0.3 is 0 Å². The summed E-state index contributed by atoms with van der Waals surface area (Å²) >= 11 is 0. The van der Waals surface area contributed by atoms with Crippen molar-refractivity contribution in [2.75, 3.05) is 0 Å². The molecule has 0 aliphatic carbocycles. The quantitative estimate of drug-likeness (QED) is 0.583. The highest BCUT2D eigenvalue weighted by Gasteiger charge is 2.66. The fourth-order valence-corrected chi connectivity index (χ4v) is 3.64. The third-order valence-electron chi connectivity index (χ3n) is 4.24. The van der Waals surface area contributed by atoms with Crippen molar-refractivity contribution in [1.82, 2.24) is 10.0 Å². The number of benzene rings is 1. The molecule has 2 aliphatic rings. The van der Waals surface area contributed by atoms with Crippen molar-refractivity contribution in [1.29, 1.82) is 0 Å². The van der Waals surface area contributed by atoms with Crippen molar-refractivity contribution < 1.29 is 9.59 Å². The lowest BCUT2D eigenvalue weighted by Gasteiger charge is -2.22. The first-order valence-corrected chi connectivity index (χ1v) is 6.94. The van der Waals surface area contributed by atoms with E-state index in [1.807, 2.05) is 5.01 Å². The van der Waals surface area contributed by atoms with Crippen LogP contribution in [-0.4, -0.2) is 33.4 Å². The normalized spacial score (nSPS) is 27.8. The van der Waals surface area contributed by atoms with Gasteiger partial charge in [0.2, 0.25) is 0 Å². The molecule has 2 unspecified atom stereocenters. The maximum absolute atomic E-state index is 12.5. The average molecular weight is 272 g/mol. The van der Waals surface area contributed by atoms with Crippen LogP contribution >= 0.6 is 0 Å². The minimum Gasteiger partial charge on any atom is -0.267 e. The van der Waals surface area contributed by atoms with Gasteiger partial charge in [0, 0.05) is 0 Å². The molecule has 2 atom stereocenters. The Kier molecular flexibility index (Phi) is 2.46.